The number of aryl methyl sites for hydroxylation is 1. The molecule has 0 aliphatic carbocycles. The number of rotatable bonds is 4. The number of allylic oxidation sites excluding steroid dienone is 3. The molecule has 0 bridgehead atoms. The number of nitrogens with zero attached hydrogens (tertiary/aromatic N) is 2. The van der Waals surface area contributed by atoms with Gasteiger partial charge in [0, 0.05) is 23.9 Å². The third-order valence-electron chi connectivity index (χ3n) is 2.94. The number of aromatic nitrogens is 2. The molecule has 1 aromatic heterocycles. The fourth-order valence-corrected chi connectivity index (χ4v) is 2.09. The second-order valence-electron chi connectivity index (χ2n) is 4.59. The molecule has 0 aliphatic heterocycles. The molecule has 0 fully saturated rings. The average molecular weight is 284 g/mol. The highest BCUT2D eigenvalue weighted by Gasteiger charge is 2.14. The second kappa shape index (κ2) is 6.09. The van der Waals surface area contributed by atoms with E-state index in [9.17, 15) is 4.39 Å². The predicted octanol–water partition coefficient (Wildman–Crippen LogP) is 2.55. The largest absolute Gasteiger partial charge is 0.405 e. The molecule has 0 amide bonds. The van der Waals surface area contributed by atoms with Crippen molar-refractivity contribution in [3.63, 3.8) is 0 Å². The quantitative estimate of drug-likeness (QED) is 0.848. The molecular weight excluding hydrogens is 267 g/mol. The van der Waals surface area contributed by atoms with Gasteiger partial charge < -0.3 is 16.0 Å². The van der Waals surface area contributed by atoms with Crippen LogP contribution in [0.2, 0.25) is 0 Å². The molecule has 0 atom stereocenters. The van der Waals surface area contributed by atoms with Crippen LogP contribution in [-0.2, 0) is 7.05 Å². The Bertz CT molecular complexity index is 708. The lowest BCUT2D eigenvalue weighted by Gasteiger charge is -2.08. The van der Waals surface area contributed by atoms with Gasteiger partial charge in [-0.3, -0.25) is 0 Å². The Kier molecular flexibility index (Phi) is 4.23. The van der Waals surface area contributed by atoms with Gasteiger partial charge in [-0.05, 0) is 42.6 Å². The molecule has 2 aromatic rings. The molecule has 21 heavy (non-hydrogen) atoms. The first-order chi connectivity index (χ1) is 10.0. The van der Waals surface area contributed by atoms with Crippen LogP contribution in [0, 0.1) is 5.82 Å². The second-order valence-corrected chi connectivity index (χ2v) is 4.59. The van der Waals surface area contributed by atoms with E-state index in [1.165, 1.54) is 18.3 Å². The van der Waals surface area contributed by atoms with Crippen molar-refractivity contribution >= 4 is 5.57 Å². The van der Waals surface area contributed by atoms with Gasteiger partial charge >= 0.3 is 0 Å². The smallest absolute Gasteiger partial charge is 0.123 e. The van der Waals surface area contributed by atoms with Crippen LogP contribution < -0.4 is 11.5 Å². The molecule has 1 aromatic carbocycles. The Labute approximate surface area is 122 Å². The van der Waals surface area contributed by atoms with Gasteiger partial charge in [-0.25, -0.2) is 9.37 Å². The number of hydrogen-bond donors (Lipinski definition) is 2. The minimum absolute atomic E-state index is 0.288. The molecule has 1 heterocycles. The predicted molar refractivity (Wildman–Crippen MR) is 83.2 cm³/mol. The summed E-state index contributed by atoms with van der Waals surface area (Å²) in [5.41, 5.74) is 14.7. The lowest BCUT2D eigenvalue weighted by Crippen LogP contribution is -1.99. The van der Waals surface area contributed by atoms with Crippen molar-refractivity contribution in [2.75, 3.05) is 0 Å². The molecule has 4 N–H and O–H groups in total. The minimum atomic E-state index is -0.288. The van der Waals surface area contributed by atoms with Crippen molar-refractivity contribution < 1.29 is 4.39 Å². The standard InChI is InChI=1S/C16H17FN4/c1-11(19)9-13(7-8-18)16-15(20-10-21(16)2)12-3-5-14(17)6-4-12/h3-10H,1,18-19H2,2H3/b8-7-,13-9+. The van der Waals surface area contributed by atoms with E-state index in [1.54, 1.807) is 30.6 Å². The highest BCUT2D eigenvalue weighted by Crippen LogP contribution is 2.28. The Morgan fingerprint density at radius 3 is 2.57 bits per heavy atom. The monoisotopic (exact) mass is 284 g/mol. The van der Waals surface area contributed by atoms with Gasteiger partial charge in [0.05, 0.1) is 17.7 Å². The minimum Gasteiger partial charge on any atom is -0.405 e. The number of imidazole rings is 1. The van der Waals surface area contributed by atoms with Crippen LogP contribution in [0.3, 0.4) is 0 Å². The summed E-state index contributed by atoms with van der Waals surface area (Å²) in [6, 6.07) is 6.17. The van der Waals surface area contributed by atoms with Gasteiger partial charge in [0.1, 0.15) is 5.82 Å². The van der Waals surface area contributed by atoms with E-state index in [4.69, 9.17) is 11.5 Å². The van der Waals surface area contributed by atoms with Gasteiger partial charge in [-0.1, -0.05) is 6.58 Å². The fourth-order valence-electron chi connectivity index (χ4n) is 2.09. The van der Waals surface area contributed by atoms with Crippen LogP contribution in [0.25, 0.3) is 16.8 Å². The molecule has 0 radical (unpaired) electrons. The average Bonchev–Trinajstić information content (AvgIpc) is 2.80. The van der Waals surface area contributed by atoms with Gasteiger partial charge in [0.25, 0.3) is 0 Å². The molecule has 108 valence electrons. The molecule has 2 rings (SSSR count). The Hall–Kier alpha value is -2.82. The van der Waals surface area contributed by atoms with E-state index in [0.717, 1.165) is 22.5 Å². The summed E-state index contributed by atoms with van der Waals surface area (Å²) in [7, 11) is 1.87. The molecule has 0 unspecified atom stereocenters. The summed E-state index contributed by atoms with van der Waals surface area (Å²) in [5.74, 6) is -0.288. The summed E-state index contributed by atoms with van der Waals surface area (Å²) in [4.78, 5) is 4.38. The van der Waals surface area contributed by atoms with Gasteiger partial charge in [-0.15, -0.1) is 0 Å². The molecular formula is C16H17FN4. The number of nitrogens with two attached hydrogens (primary N) is 2. The summed E-state index contributed by atoms with van der Waals surface area (Å²) >= 11 is 0. The van der Waals surface area contributed by atoms with Crippen LogP contribution in [-0.4, -0.2) is 9.55 Å². The van der Waals surface area contributed by atoms with E-state index < -0.39 is 0 Å². The Morgan fingerprint density at radius 1 is 1.33 bits per heavy atom. The maximum atomic E-state index is 13.1. The zero-order valence-corrected chi connectivity index (χ0v) is 11.8. The first-order valence-corrected chi connectivity index (χ1v) is 6.35. The van der Waals surface area contributed by atoms with Gasteiger partial charge in [0.2, 0.25) is 0 Å². The zero-order chi connectivity index (χ0) is 15.4. The van der Waals surface area contributed by atoms with Gasteiger partial charge in [-0.2, -0.15) is 0 Å². The molecule has 5 heteroatoms. The maximum absolute atomic E-state index is 13.1. The summed E-state index contributed by atoms with van der Waals surface area (Å²) < 4.78 is 14.9. The molecule has 0 saturated heterocycles. The molecule has 0 spiro atoms. The van der Waals surface area contributed by atoms with Crippen LogP contribution in [0.4, 0.5) is 4.39 Å². The van der Waals surface area contributed by atoms with Crippen molar-refractivity contribution in [2.45, 2.75) is 0 Å². The van der Waals surface area contributed by atoms with Crippen molar-refractivity contribution in [1.29, 1.82) is 0 Å². The highest BCUT2D eigenvalue weighted by atomic mass is 19.1. The normalized spacial score (nSPS) is 12.0. The summed E-state index contributed by atoms with van der Waals surface area (Å²) in [5, 5.41) is 0. The van der Waals surface area contributed by atoms with E-state index in [-0.39, 0.29) is 5.82 Å². The lowest BCUT2D eigenvalue weighted by molar-refractivity contribution is 0.628. The van der Waals surface area contributed by atoms with E-state index in [1.807, 2.05) is 11.6 Å². The summed E-state index contributed by atoms with van der Waals surface area (Å²) in [6.45, 7) is 3.68. The van der Waals surface area contributed by atoms with Crippen molar-refractivity contribution in [2.24, 2.45) is 18.5 Å². The topological polar surface area (TPSA) is 69.9 Å². The molecule has 4 nitrogen and oxygen atoms in total. The Balaban J connectivity index is 2.61. The van der Waals surface area contributed by atoms with Crippen molar-refractivity contribution in [3.8, 4) is 11.3 Å². The highest BCUT2D eigenvalue weighted by molar-refractivity contribution is 5.83. The van der Waals surface area contributed by atoms with Crippen molar-refractivity contribution in [1.82, 2.24) is 9.55 Å². The van der Waals surface area contributed by atoms with Gasteiger partial charge in [0.15, 0.2) is 0 Å². The van der Waals surface area contributed by atoms with Crippen LogP contribution in [0.5, 0.6) is 0 Å². The maximum Gasteiger partial charge on any atom is 0.123 e. The fraction of sp³-hybridized carbons (Fsp3) is 0.0625. The SMILES string of the molecule is C=C(N)/C=C(\C=C/N)c1c(-c2ccc(F)cc2)ncn1C. The third kappa shape index (κ3) is 3.20. The molecule has 0 aliphatic rings. The van der Waals surface area contributed by atoms with Crippen LogP contribution >= 0.6 is 0 Å². The zero-order valence-electron chi connectivity index (χ0n) is 11.8. The van der Waals surface area contributed by atoms with E-state index in [2.05, 4.69) is 11.6 Å². The third-order valence-corrected chi connectivity index (χ3v) is 2.94. The molecule has 0 saturated carbocycles. The number of halogens is 1. The lowest BCUT2D eigenvalue weighted by atomic mass is 10.0. The number of benzene rings is 1. The van der Waals surface area contributed by atoms with Crippen molar-refractivity contribution in [3.05, 3.63) is 72.7 Å². The first kappa shape index (κ1) is 14.6. The summed E-state index contributed by atoms with van der Waals surface area (Å²) in [6.07, 6.45) is 6.55. The first-order valence-electron chi connectivity index (χ1n) is 6.35. The van der Waals surface area contributed by atoms with Crippen LogP contribution in [0.15, 0.2) is 61.2 Å². The van der Waals surface area contributed by atoms with E-state index >= 15 is 0 Å². The van der Waals surface area contributed by atoms with Crippen LogP contribution in [0.1, 0.15) is 5.69 Å². The Morgan fingerprint density at radius 2 is 2.00 bits per heavy atom. The van der Waals surface area contributed by atoms with E-state index in [0.29, 0.717) is 5.70 Å². The number of hydrogen-bond acceptors (Lipinski definition) is 3.